The van der Waals surface area contributed by atoms with Crippen LogP contribution in [0.5, 0.6) is 0 Å². The molecule has 0 saturated heterocycles. The zero-order valence-corrected chi connectivity index (χ0v) is 11.0. The lowest BCUT2D eigenvalue weighted by atomic mass is 10.3. The lowest BCUT2D eigenvalue weighted by Crippen LogP contribution is -2.07. The number of halogens is 1. The van der Waals surface area contributed by atoms with Crippen LogP contribution < -0.4 is 5.32 Å². The Morgan fingerprint density at radius 3 is 2.76 bits per heavy atom. The van der Waals surface area contributed by atoms with Crippen molar-refractivity contribution < 1.29 is 0 Å². The Morgan fingerprint density at radius 2 is 2.18 bits per heavy atom. The first-order valence-corrected chi connectivity index (χ1v) is 5.84. The van der Waals surface area contributed by atoms with E-state index in [4.69, 9.17) is 11.6 Å². The van der Waals surface area contributed by atoms with Crippen LogP contribution in [0.15, 0.2) is 12.3 Å². The van der Waals surface area contributed by atoms with E-state index < -0.39 is 0 Å². The highest BCUT2D eigenvalue weighted by Crippen LogP contribution is 2.19. The first-order valence-electron chi connectivity index (χ1n) is 5.46. The Hall–Kier alpha value is -1.33. The molecule has 0 spiro atoms. The Kier molecular flexibility index (Phi) is 3.49. The van der Waals surface area contributed by atoms with Gasteiger partial charge in [-0.2, -0.15) is 10.2 Å². The van der Waals surface area contributed by atoms with E-state index in [1.165, 1.54) is 0 Å². The van der Waals surface area contributed by atoms with Gasteiger partial charge >= 0.3 is 0 Å². The molecule has 2 heterocycles. The second-order valence-electron chi connectivity index (χ2n) is 4.01. The molecule has 92 valence electrons. The molecule has 2 rings (SSSR count). The molecular formula is C11H16ClN5. The number of nitrogens with zero attached hydrogens (tertiary/aromatic N) is 4. The molecule has 0 amide bonds. The summed E-state index contributed by atoms with van der Waals surface area (Å²) in [5.41, 5.74) is 2.99. The summed E-state index contributed by atoms with van der Waals surface area (Å²) in [6.45, 7) is 3.38. The molecule has 1 N–H and O–H groups in total. The highest BCUT2D eigenvalue weighted by molar-refractivity contribution is 6.30. The normalized spacial score (nSPS) is 11.1. The molecule has 0 fully saturated rings. The Balaban J connectivity index is 2.19. The molecule has 5 nitrogen and oxygen atoms in total. The molecule has 0 aliphatic rings. The Morgan fingerprint density at radius 1 is 1.41 bits per heavy atom. The van der Waals surface area contributed by atoms with Gasteiger partial charge in [0, 0.05) is 25.4 Å². The van der Waals surface area contributed by atoms with E-state index in [9.17, 15) is 0 Å². The van der Waals surface area contributed by atoms with Gasteiger partial charge in [-0.3, -0.25) is 9.36 Å². The van der Waals surface area contributed by atoms with Crippen LogP contribution in [0.3, 0.4) is 0 Å². The summed E-state index contributed by atoms with van der Waals surface area (Å²) in [5, 5.41) is 12.5. The van der Waals surface area contributed by atoms with Gasteiger partial charge in [-0.15, -0.1) is 0 Å². The minimum absolute atomic E-state index is 0.655. The summed E-state index contributed by atoms with van der Waals surface area (Å²) < 4.78 is 3.56. The fraction of sp³-hybridized carbons (Fsp3) is 0.455. The number of aromatic nitrogens is 4. The number of nitrogens with one attached hydrogen (secondary N) is 1. The molecule has 0 radical (unpaired) electrons. The third kappa shape index (κ3) is 2.50. The molecule has 0 aromatic carbocycles. The summed E-state index contributed by atoms with van der Waals surface area (Å²) >= 11 is 6.18. The molecule has 0 aliphatic carbocycles. The Labute approximate surface area is 105 Å². The van der Waals surface area contributed by atoms with E-state index in [2.05, 4.69) is 15.5 Å². The SMILES string of the molecule is CNCc1ccn(Cc2c(C)nn(C)c2Cl)n1. The standard InChI is InChI=1S/C11H16ClN5/c1-8-10(11(12)16(3)14-8)7-17-5-4-9(15-17)6-13-2/h4-5,13H,6-7H2,1-3H3. The number of rotatable bonds is 4. The van der Waals surface area contributed by atoms with Crippen LogP contribution in [-0.2, 0) is 20.1 Å². The zero-order valence-electron chi connectivity index (χ0n) is 10.2. The molecular weight excluding hydrogens is 238 g/mol. The van der Waals surface area contributed by atoms with Crippen molar-refractivity contribution in [1.82, 2.24) is 24.9 Å². The van der Waals surface area contributed by atoms with Crippen LogP contribution in [-0.4, -0.2) is 26.6 Å². The van der Waals surface area contributed by atoms with Gasteiger partial charge in [-0.05, 0) is 20.0 Å². The van der Waals surface area contributed by atoms with Crippen molar-refractivity contribution in [3.05, 3.63) is 34.4 Å². The predicted octanol–water partition coefficient (Wildman–Crippen LogP) is 1.35. The quantitative estimate of drug-likeness (QED) is 0.895. The van der Waals surface area contributed by atoms with Crippen molar-refractivity contribution in [3.8, 4) is 0 Å². The first kappa shape index (κ1) is 12.1. The summed E-state index contributed by atoms with van der Waals surface area (Å²) in [4.78, 5) is 0. The largest absolute Gasteiger partial charge is 0.314 e. The van der Waals surface area contributed by atoms with E-state index in [-0.39, 0.29) is 0 Å². The molecule has 0 unspecified atom stereocenters. The van der Waals surface area contributed by atoms with Crippen molar-refractivity contribution >= 4 is 11.6 Å². The summed E-state index contributed by atoms with van der Waals surface area (Å²) in [7, 11) is 3.75. The van der Waals surface area contributed by atoms with Crippen LogP contribution in [0.25, 0.3) is 0 Å². The van der Waals surface area contributed by atoms with Gasteiger partial charge in [0.2, 0.25) is 0 Å². The van der Waals surface area contributed by atoms with Crippen LogP contribution in [0, 0.1) is 6.92 Å². The fourth-order valence-corrected chi connectivity index (χ4v) is 2.02. The third-order valence-electron chi connectivity index (χ3n) is 2.64. The first-order chi connectivity index (χ1) is 8.11. The van der Waals surface area contributed by atoms with Gasteiger partial charge in [-0.1, -0.05) is 11.6 Å². The van der Waals surface area contributed by atoms with Gasteiger partial charge in [-0.25, -0.2) is 0 Å². The van der Waals surface area contributed by atoms with E-state index in [1.54, 1.807) is 4.68 Å². The average Bonchev–Trinajstić information content (AvgIpc) is 2.81. The van der Waals surface area contributed by atoms with Gasteiger partial charge in [0.1, 0.15) is 5.15 Å². The number of hydrogen-bond donors (Lipinski definition) is 1. The maximum Gasteiger partial charge on any atom is 0.132 e. The monoisotopic (exact) mass is 253 g/mol. The lowest BCUT2D eigenvalue weighted by molar-refractivity contribution is 0.656. The van der Waals surface area contributed by atoms with Crippen LogP contribution in [0.4, 0.5) is 0 Å². The molecule has 0 bridgehead atoms. The van der Waals surface area contributed by atoms with Gasteiger partial charge < -0.3 is 5.32 Å². The molecule has 0 saturated carbocycles. The minimum atomic E-state index is 0.655. The summed E-state index contributed by atoms with van der Waals surface area (Å²) in [6, 6.07) is 2.00. The fourth-order valence-electron chi connectivity index (χ4n) is 1.78. The van der Waals surface area contributed by atoms with Crippen molar-refractivity contribution in [2.45, 2.75) is 20.0 Å². The molecule has 0 aliphatic heterocycles. The number of aryl methyl sites for hydroxylation is 2. The second-order valence-corrected chi connectivity index (χ2v) is 4.37. The van der Waals surface area contributed by atoms with Crippen molar-refractivity contribution in [3.63, 3.8) is 0 Å². The summed E-state index contributed by atoms with van der Waals surface area (Å²) in [6.07, 6.45) is 1.95. The minimum Gasteiger partial charge on any atom is -0.314 e. The maximum atomic E-state index is 6.18. The smallest absolute Gasteiger partial charge is 0.132 e. The topological polar surface area (TPSA) is 47.7 Å². The van der Waals surface area contributed by atoms with E-state index in [0.29, 0.717) is 11.7 Å². The highest BCUT2D eigenvalue weighted by Gasteiger charge is 2.12. The van der Waals surface area contributed by atoms with E-state index in [0.717, 1.165) is 23.5 Å². The molecule has 2 aromatic rings. The van der Waals surface area contributed by atoms with Gasteiger partial charge in [0.25, 0.3) is 0 Å². The molecule has 2 aromatic heterocycles. The highest BCUT2D eigenvalue weighted by atomic mass is 35.5. The van der Waals surface area contributed by atoms with Gasteiger partial charge in [0.15, 0.2) is 0 Å². The van der Waals surface area contributed by atoms with E-state index in [1.807, 2.05) is 38.0 Å². The zero-order chi connectivity index (χ0) is 12.4. The van der Waals surface area contributed by atoms with Crippen LogP contribution in [0.2, 0.25) is 5.15 Å². The molecule has 17 heavy (non-hydrogen) atoms. The Bertz CT molecular complexity index is 514. The molecule has 6 heteroatoms. The third-order valence-corrected chi connectivity index (χ3v) is 3.12. The van der Waals surface area contributed by atoms with E-state index >= 15 is 0 Å². The van der Waals surface area contributed by atoms with Gasteiger partial charge in [0.05, 0.1) is 17.9 Å². The maximum absolute atomic E-state index is 6.18. The van der Waals surface area contributed by atoms with Crippen LogP contribution in [0.1, 0.15) is 17.0 Å². The predicted molar refractivity (Wildman–Crippen MR) is 67.0 cm³/mol. The average molecular weight is 254 g/mol. The van der Waals surface area contributed by atoms with Crippen molar-refractivity contribution in [1.29, 1.82) is 0 Å². The summed E-state index contributed by atoms with van der Waals surface area (Å²) in [5.74, 6) is 0. The second kappa shape index (κ2) is 4.89. The number of hydrogen-bond acceptors (Lipinski definition) is 3. The van der Waals surface area contributed by atoms with Crippen LogP contribution >= 0.6 is 11.6 Å². The lowest BCUT2D eigenvalue weighted by Gasteiger charge is -2.01. The van der Waals surface area contributed by atoms with Crippen molar-refractivity contribution in [2.75, 3.05) is 7.05 Å². The molecule has 0 atom stereocenters. The van der Waals surface area contributed by atoms with Crippen molar-refractivity contribution in [2.24, 2.45) is 7.05 Å².